The summed E-state index contributed by atoms with van der Waals surface area (Å²) in [5, 5.41) is 3.00. The van der Waals surface area contributed by atoms with E-state index in [4.69, 9.17) is 4.74 Å². The molecule has 0 saturated heterocycles. The van der Waals surface area contributed by atoms with Gasteiger partial charge < -0.3 is 15.0 Å². The molecule has 0 bridgehead atoms. The van der Waals surface area contributed by atoms with Crippen molar-refractivity contribution in [1.29, 1.82) is 0 Å². The molecule has 0 spiro atoms. The summed E-state index contributed by atoms with van der Waals surface area (Å²) in [4.78, 5) is 27.8. The number of carbonyl (C=O) groups is 2. The van der Waals surface area contributed by atoms with Crippen molar-refractivity contribution >= 4 is 11.8 Å². The number of para-hydroxylation sites is 1. The maximum absolute atomic E-state index is 13.2. The molecule has 0 radical (unpaired) electrons. The van der Waals surface area contributed by atoms with E-state index in [1.807, 2.05) is 68.4 Å². The van der Waals surface area contributed by atoms with Crippen LogP contribution in [-0.4, -0.2) is 35.9 Å². The molecule has 1 atom stereocenters. The highest BCUT2D eigenvalue weighted by Gasteiger charge is 2.28. The highest BCUT2D eigenvalue weighted by Crippen LogP contribution is 2.17. The molecule has 0 heterocycles. The van der Waals surface area contributed by atoms with E-state index in [9.17, 15) is 9.59 Å². The van der Waals surface area contributed by atoms with Crippen molar-refractivity contribution in [2.45, 2.75) is 65.5 Å². The maximum Gasteiger partial charge on any atom is 0.242 e. The number of nitrogens with one attached hydrogen (secondary N) is 1. The summed E-state index contributed by atoms with van der Waals surface area (Å²) in [5.74, 6) is 0.712. The zero-order chi connectivity index (χ0) is 22.5. The zero-order valence-electron chi connectivity index (χ0n) is 19.1. The first-order valence-corrected chi connectivity index (χ1v) is 11.4. The summed E-state index contributed by atoms with van der Waals surface area (Å²) >= 11 is 0. The number of hydrogen-bond donors (Lipinski definition) is 1. The second-order valence-electron chi connectivity index (χ2n) is 7.78. The average Bonchev–Trinajstić information content (AvgIpc) is 2.78. The Kier molecular flexibility index (Phi) is 10.6. The van der Waals surface area contributed by atoms with E-state index in [1.54, 1.807) is 4.90 Å². The van der Waals surface area contributed by atoms with E-state index in [2.05, 4.69) is 12.2 Å². The molecule has 0 fully saturated rings. The number of nitrogens with zero attached hydrogens (tertiary/aromatic N) is 1. The van der Waals surface area contributed by atoms with Crippen molar-refractivity contribution in [3.8, 4) is 5.75 Å². The number of aryl methyl sites for hydroxylation is 1. The van der Waals surface area contributed by atoms with Gasteiger partial charge in [-0.2, -0.15) is 0 Å². The average molecular weight is 425 g/mol. The van der Waals surface area contributed by atoms with Gasteiger partial charge in [-0.15, -0.1) is 0 Å². The van der Waals surface area contributed by atoms with Crippen molar-refractivity contribution < 1.29 is 14.3 Å². The molecule has 5 nitrogen and oxygen atoms in total. The van der Waals surface area contributed by atoms with E-state index in [0.717, 1.165) is 29.7 Å². The molecule has 5 heteroatoms. The summed E-state index contributed by atoms with van der Waals surface area (Å²) in [6, 6.07) is 17.1. The molecule has 0 unspecified atom stereocenters. The Morgan fingerprint density at radius 1 is 1.00 bits per heavy atom. The minimum Gasteiger partial charge on any atom is -0.494 e. The third-order valence-corrected chi connectivity index (χ3v) is 5.36. The fourth-order valence-corrected chi connectivity index (χ4v) is 3.47. The molecule has 1 N–H and O–H groups in total. The zero-order valence-corrected chi connectivity index (χ0v) is 19.1. The van der Waals surface area contributed by atoms with E-state index in [0.29, 0.717) is 39.0 Å². The molecule has 2 aromatic rings. The number of unbranched alkanes of at least 4 members (excludes halogenated alkanes) is 1. The summed E-state index contributed by atoms with van der Waals surface area (Å²) in [7, 11) is 0. The van der Waals surface area contributed by atoms with Crippen molar-refractivity contribution in [2.75, 3.05) is 13.2 Å². The molecule has 2 rings (SSSR count). The van der Waals surface area contributed by atoms with Crippen LogP contribution in [0.1, 0.15) is 57.1 Å². The van der Waals surface area contributed by atoms with Gasteiger partial charge in [-0.3, -0.25) is 9.59 Å². The predicted molar refractivity (Wildman–Crippen MR) is 125 cm³/mol. The second-order valence-corrected chi connectivity index (χ2v) is 7.78. The fraction of sp³-hybridized carbons (Fsp3) is 0.462. The van der Waals surface area contributed by atoms with Crippen LogP contribution in [0.3, 0.4) is 0 Å². The topological polar surface area (TPSA) is 58.6 Å². The number of rotatable bonds is 13. The lowest BCUT2D eigenvalue weighted by Gasteiger charge is -2.31. The molecule has 168 valence electrons. The number of amides is 2. The Hall–Kier alpha value is -2.82. The van der Waals surface area contributed by atoms with E-state index in [1.165, 1.54) is 0 Å². The van der Waals surface area contributed by atoms with Gasteiger partial charge in [0.25, 0.3) is 0 Å². The molecule has 0 aliphatic carbocycles. The Labute approximate surface area is 186 Å². The third-order valence-electron chi connectivity index (χ3n) is 5.36. The smallest absolute Gasteiger partial charge is 0.242 e. The minimum atomic E-state index is -0.473. The third kappa shape index (κ3) is 8.08. The van der Waals surface area contributed by atoms with Gasteiger partial charge in [-0.05, 0) is 49.4 Å². The Bertz CT molecular complexity index is 807. The largest absolute Gasteiger partial charge is 0.494 e. The number of hydrogen-bond acceptors (Lipinski definition) is 3. The summed E-state index contributed by atoms with van der Waals surface area (Å²) < 4.78 is 5.72. The highest BCUT2D eigenvalue weighted by atomic mass is 16.5. The summed E-state index contributed by atoms with van der Waals surface area (Å²) in [5.41, 5.74) is 2.19. The summed E-state index contributed by atoms with van der Waals surface area (Å²) in [6.45, 7) is 7.63. The van der Waals surface area contributed by atoms with Crippen molar-refractivity contribution in [3.05, 3.63) is 65.7 Å². The van der Waals surface area contributed by atoms with Crippen LogP contribution < -0.4 is 10.1 Å². The van der Waals surface area contributed by atoms with Crippen molar-refractivity contribution in [3.63, 3.8) is 0 Å². The van der Waals surface area contributed by atoms with Gasteiger partial charge in [-0.25, -0.2) is 0 Å². The van der Waals surface area contributed by atoms with Gasteiger partial charge in [0.05, 0.1) is 6.61 Å². The van der Waals surface area contributed by atoms with Gasteiger partial charge >= 0.3 is 0 Å². The standard InChI is InChI=1S/C26H36N2O3/c1-4-6-18-27-26(30)24(5-2)28(20-22-14-11-10-13-21(22)3)25(29)17-12-19-31-23-15-8-7-9-16-23/h7-11,13-16,24H,4-6,12,17-20H2,1-3H3,(H,27,30)/t24-/m0/s1. The van der Waals surface area contributed by atoms with Crippen LogP contribution in [0.4, 0.5) is 0 Å². The lowest BCUT2D eigenvalue weighted by atomic mass is 10.1. The lowest BCUT2D eigenvalue weighted by Crippen LogP contribution is -2.49. The van der Waals surface area contributed by atoms with E-state index >= 15 is 0 Å². The first-order chi connectivity index (χ1) is 15.1. The van der Waals surface area contributed by atoms with Gasteiger partial charge in [0.1, 0.15) is 11.8 Å². The van der Waals surface area contributed by atoms with Crippen molar-refractivity contribution in [2.24, 2.45) is 0 Å². The summed E-state index contributed by atoms with van der Waals surface area (Å²) in [6.07, 6.45) is 3.48. The first-order valence-electron chi connectivity index (χ1n) is 11.4. The van der Waals surface area contributed by atoms with Gasteiger partial charge in [0.2, 0.25) is 11.8 Å². The highest BCUT2D eigenvalue weighted by molar-refractivity contribution is 5.87. The normalized spacial score (nSPS) is 11.6. The molecule has 2 aromatic carbocycles. The Balaban J connectivity index is 2.05. The van der Waals surface area contributed by atoms with Crippen LogP contribution >= 0.6 is 0 Å². The van der Waals surface area contributed by atoms with Crippen LogP contribution in [0.5, 0.6) is 5.75 Å². The first kappa shape index (κ1) is 24.4. The molecule has 2 amide bonds. The molecule has 0 aliphatic rings. The molecular weight excluding hydrogens is 388 g/mol. The van der Waals surface area contributed by atoms with Gasteiger partial charge in [-0.1, -0.05) is 62.7 Å². The van der Waals surface area contributed by atoms with Gasteiger partial charge in [0, 0.05) is 19.5 Å². The molecule has 0 saturated carbocycles. The number of benzene rings is 2. The monoisotopic (exact) mass is 424 g/mol. The second kappa shape index (κ2) is 13.5. The predicted octanol–water partition coefficient (Wildman–Crippen LogP) is 4.88. The number of ether oxygens (including phenoxy) is 1. The lowest BCUT2D eigenvalue weighted by molar-refractivity contribution is -0.141. The van der Waals surface area contributed by atoms with Crippen LogP contribution in [-0.2, 0) is 16.1 Å². The van der Waals surface area contributed by atoms with Crippen molar-refractivity contribution in [1.82, 2.24) is 10.2 Å². The quantitative estimate of drug-likeness (QED) is 0.466. The number of carbonyl (C=O) groups excluding carboxylic acids is 2. The fourth-order valence-electron chi connectivity index (χ4n) is 3.47. The van der Waals surface area contributed by atoms with E-state index < -0.39 is 6.04 Å². The minimum absolute atomic E-state index is 0.0163. The Morgan fingerprint density at radius 3 is 2.39 bits per heavy atom. The SMILES string of the molecule is CCCCNC(=O)[C@H](CC)N(Cc1ccccc1C)C(=O)CCCOc1ccccc1. The van der Waals surface area contributed by atoms with Crippen LogP contribution in [0, 0.1) is 6.92 Å². The molecule has 31 heavy (non-hydrogen) atoms. The molecule has 0 aliphatic heterocycles. The maximum atomic E-state index is 13.2. The van der Waals surface area contributed by atoms with Crippen LogP contribution in [0.2, 0.25) is 0 Å². The molecule has 0 aromatic heterocycles. The Morgan fingerprint density at radius 2 is 1.71 bits per heavy atom. The van der Waals surface area contributed by atoms with Crippen LogP contribution in [0.25, 0.3) is 0 Å². The van der Waals surface area contributed by atoms with Gasteiger partial charge in [0.15, 0.2) is 0 Å². The van der Waals surface area contributed by atoms with Crippen LogP contribution in [0.15, 0.2) is 54.6 Å². The van der Waals surface area contributed by atoms with E-state index in [-0.39, 0.29) is 11.8 Å². The molecular formula is C26H36N2O3.